The van der Waals surface area contributed by atoms with Crippen molar-refractivity contribution in [3.63, 3.8) is 0 Å². The second-order valence-corrected chi connectivity index (χ2v) is 7.45. The Hall–Kier alpha value is -1.42. The van der Waals surface area contributed by atoms with Gasteiger partial charge in [-0.05, 0) is 43.9 Å². The molecule has 2 unspecified atom stereocenters. The molecular weight excluding hydrogens is 328 g/mol. The van der Waals surface area contributed by atoms with E-state index in [0.717, 1.165) is 38.5 Å². The number of aliphatic hydroxyl groups excluding tert-OH is 1. The van der Waals surface area contributed by atoms with Crippen LogP contribution in [0.5, 0.6) is 0 Å². The van der Waals surface area contributed by atoms with Crippen molar-refractivity contribution < 1.29 is 19.8 Å². The van der Waals surface area contributed by atoms with E-state index in [2.05, 4.69) is 19.9 Å². The molecule has 0 aromatic carbocycles. The van der Waals surface area contributed by atoms with E-state index in [-0.39, 0.29) is 18.3 Å². The Morgan fingerprint density at radius 1 is 1.27 bits per heavy atom. The highest BCUT2D eigenvalue weighted by Crippen LogP contribution is 2.33. The summed E-state index contributed by atoms with van der Waals surface area (Å²) in [7, 11) is 0. The predicted octanol–water partition coefficient (Wildman–Crippen LogP) is 4.92. The summed E-state index contributed by atoms with van der Waals surface area (Å²) < 4.78 is 0. The van der Waals surface area contributed by atoms with Gasteiger partial charge in [0, 0.05) is 18.8 Å². The van der Waals surface area contributed by atoms with Gasteiger partial charge in [-0.3, -0.25) is 9.59 Å². The topological polar surface area (TPSA) is 74.6 Å². The van der Waals surface area contributed by atoms with Gasteiger partial charge >= 0.3 is 5.97 Å². The third kappa shape index (κ3) is 8.31. The van der Waals surface area contributed by atoms with E-state index >= 15 is 0 Å². The van der Waals surface area contributed by atoms with Gasteiger partial charge in [0.2, 0.25) is 0 Å². The molecule has 0 bridgehead atoms. The lowest BCUT2D eigenvalue weighted by atomic mass is 9.89. The van der Waals surface area contributed by atoms with Crippen LogP contribution >= 0.6 is 0 Å². The lowest BCUT2D eigenvalue weighted by Gasteiger charge is -2.19. The average molecular weight is 365 g/mol. The molecule has 0 aliphatic heterocycles. The fraction of sp³-hybridized carbons (Fsp3) is 0.727. The quantitative estimate of drug-likeness (QED) is 0.359. The zero-order valence-electron chi connectivity index (χ0n) is 16.4. The lowest BCUT2D eigenvalue weighted by molar-refractivity contribution is -0.137. The maximum Gasteiger partial charge on any atom is 0.303 e. The first-order valence-corrected chi connectivity index (χ1v) is 10.2. The normalized spacial score (nSPS) is 23.1. The molecule has 0 amide bonds. The molecule has 26 heavy (non-hydrogen) atoms. The number of rotatable bonds is 13. The van der Waals surface area contributed by atoms with Gasteiger partial charge in [0.05, 0.1) is 6.10 Å². The molecule has 0 aromatic rings. The minimum absolute atomic E-state index is 0.00453. The molecule has 1 aliphatic carbocycles. The van der Waals surface area contributed by atoms with Crippen LogP contribution < -0.4 is 0 Å². The number of Topliss-reactive ketones (excluding diaryl/α,β-unsaturated/α-hetero) is 1. The summed E-state index contributed by atoms with van der Waals surface area (Å²) in [6.45, 7) is 4.29. The standard InChI is InChI=1S/C22H36O4/c1-3-5-10-17(4-2)20(23)15-13-18-14-16-21(24)19(18)11-8-6-7-9-12-22(25)26/h6,8,13,15,17-20,23H,3-5,7,9-12,14,16H2,1-2H3,(H,25,26)/t17?,18-,19+,20?/m1/s1. The van der Waals surface area contributed by atoms with Crippen molar-refractivity contribution in [3.05, 3.63) is 24.3 Å². The Bertz CT molecular complexity index is 481. The van der Waals surface area contributed by atoms with Crippen LogP contribution in [-0.4, -0.2) is 28.1 Å². The van der Waals surface area contributed by atoms with E-state index in [1.54, 1.807) is 0 Å². The molecule has 2 N–H and O–H groups in total. The van der Waals surface area contributed by atoms with Gasteiger partial charge in [0.15, 0.2) is 0 Å². The van der Waals surface area contributed by atoms with E-state index in [4.69, 9.17) is 5.11 Å². The number of carboxylic acids is 1. The van der Waals surface area contributed by atoms with Crippen LogP contribution in [0.25, 0.3) is 0 Å². The molecule has 1 rings (SSSR count). The predicted molar refractivity (Wildman–Crippen MR) is 105 cm³/mol. The molecule has 0 saturated heterocycles. The Morgan fingerprint density at radius 3 is 2.69 bits per heavy atom. The van der Waals surface area contributed by atoms with Gasteiger partial charge in [-0.1, -0.05) is 57.4 Å². The number of hydrogen-bond acceptors (Lipinski definition) is 3. The molecule has 1 saturated carbocycles. The van der Waals surface area contributed by atoms with Crippen LogP contribution in [0.1, 0.15) is 78.1 Å². The van der Waals surface area contributed by atoms with Crippen molar-refractivity contribution in [3.8, 4) is 0 Å². The number of carbonyl (C=O) groups is 2. The van der Waals surface area contributed by atoms with Crippen LogP contribution in [0.2, 0.25) is 0 Å². The number of aliphatic carboxylic acids is 1. The smallest absolute Gasteiger partial charge is 0.303 e. The summed E-state index contributed by atoms with van der Waals surface area (Å²) in [6.07, 6.45) is 15.6. The van der Waals surface area contributed by atoms with Crippen molar-refractivity contribution in [2.24, 2.45) is 17.8 Å². The van der Waals surface area contributed by atoms with Crippen LogP contribution in [-0.2, 0) is 9.59 Å². The first-order chi connectivity index (χ1) is 12.5. The number of carbonyl (C=O) groups excluding carboxylic acids is 1. The minimum Gasteiger partial charge on any atom is -0.481 e. The first kappa shape index (κ1) is 22.6. The maximum absolute atomic E-state index is 12.2. The molecular formula is C22H36O4. The zero-order valence-corrected chi connectivity index (χ0v) is 16.4. The second-order valence-electron chi connectivity index (χ2n) is 7.45. The van der Waals surface area contributed by atoms with Crippen LogP contribution in [0.15, 0.2) is 24.3 Å². The van der Waals surface area contributed by atoms with E-state index in [1.165, 1.54) is 0 Å². The van der Waals surface area contributed by atoms with Crippen LogP contribution in [0.3, 0.4) is 0 Å². The molecule has 1 aliphatic rings. The Kier molecular flexibility index (Phi) is 11.2. The summed E-state index contributed by atoms with van der Waals surface area (Å²) in [6, 6.07) is 0. The highest BCUT2D eigenvalue weighted by molar-refractivity contribution is 5.83. The molecule has 1 fully saturated rings. The van der Waals surface area contributed by atoms with E-state index in [1.807, 2.05) is 18.2 Å². The van der Waals surface area contributed by atoms with E-state index in [9.17, 15) is 14.7 Å². The van der Waals surface area contributed by atoms with Crippen LogP contribution in [0.4, 0.5) is 0 Å². The van der Waals surface area contributed by atoms with Crippen LogP contribution in [0, 0.1) is 17.8 Å². The Balaban J connectivity index is 2.49. The van der Waals surface area contributed by atoms with Gasteiger partial charge in [0.1, 0.15) is 5.78 Å². The van der Waals surface area contributed by atoms with Crippen molar-refractivity contribution in [2.45, 2.75) is 84.2 Å². The second kappa shape index (κ2) is 12.9. The minimum atomic E-state index is -0.766. The maximum atomic E-state index is 12.2. The lowest BCUT2D eigenvalue weighted by Crippen LogP contribution is -2.18. The molecule has 0 radical (unpaired) electrons. The molecule has 0 spiro atoms. The molecule has 148 valence electrons. The van der Waals surface area contributed by atoms with Gasteiger partial charge < -0.3 is 10.2 Å². The largest absolute Gasteiger partial charge is 0.481 e. The number of aliphatic hydroxyl groups is 1. The van der Waals surface area contributed by atoms with Crippen molar-refractivity contribution in [1.82, 2.24) is 0 Å². The Labute approximate surface area is 158 Å². The molecule has 4 heteroatoms. The number of ketones is 1. The van der Waals surface area contributed by atoms with Gasteiger partial charge in [0.25, 0.3) is 0 Å². The van der Waals surface area contributed by atoms with Crippen molar-refractivity contribution >= 4 is 11.8 Å². The number of carboxylic acid groups (broad SMARTS) is 1. The summed E-state index contributed by atoms with van der Waals surface area (Å²) in [5, 5.41) is 19.1. The van der Waals surface area contributed by atoms with Gasteiger partial charge in [-0.25, -0.2) is 0 Å². The summed E-state index contributed by atoms with van der Waals surface area (Å²) >= 11 is 0. The van der Waals surface area contributed by atoms with Gasteiger partial charge in [-0.15, -0.1) is 0 Å². The third-order valence-electron chi connectivity index (χ3n) is 5.46. The number of allylic oxidation sites excluding steroid dienone is 3. The number of hydrogen-bond donors (Lipinski definition) is 2. The zero-order chi connectivity index (χ0) is 19.4. The van der Waals surface area contributed by atoms with E-state index in [0.29, 0.717) is 31.0 Å². The van der Waals surface area contributed by atoms with E-state index < -0.39 is 12.1 Å². The highest BCUT2D eigenvalue weighted by Gasteiger charge is 2.32. The van der Waals surface area contributed by atoms with Crippen molar-refractivity contribution in [1.29, 1.82) is 0 Å². The fourth-order valence-electron chi connectivity index (χ4n) is 3.70. The third-order valence-corrected chi connectivity index (χ3v) is 5.46. The monoisotopic (exact) mass is 364 g/mol. The first-order valence-electron chi connectivity index (χ1n) is 10.2. The molecule has 0 heterocycles. The molecule has 4 atom stereocenters. The highest BCUT2D eigenvalue weighted by atomic mass is 16.4. The van der Waals surface area contributed by atoms with Gasteiger partial charge in [-0.2, -0.15) is 0 Å². The number of unbranched alkanes of at least 4 members (excludes halogenated alkanes) is 2. The summed E-state index contributed by atoms with van der Waals surface area (Å²) in [4.78, 5) is 22.6. The van der Waals surface area contributed by atoms with Crippen molar-refractivity contribution in [2.75, 3.05) is 0 Å². The Morgan fingerprint density at radius 2 is 2.04 bits per heavy atom. The molecule has 4 nitrogen and oxygen atoms in total. The SMILES string of the molecule is CCCCC(CC)C(O)C=C[C@@H]1CCC(=O)[C@H]1CC=CCCCC(=O)O. The molecule has 0 aromatic heterocycles. The summed E-state index contributed by atoms with van der Waals surface area (Å²) in [5.41, 5.74) is 0. The average Bonchev–Trinajstić information content (AvgIpc) is 2.96. The summed E-state index contributed by atoms with van der Waals surface area (Å²) in [5.74, 6) is 0.0603. The fourth-order valence-corrected chi connectivity index (χ4v) is 3.70.